The largest absolute Gasteiger partial charge is 0.484 e. The van der Waals surface area contributed by atoms with E-state index in [1.165, 1.54) is 28.8 Å². The Kier molecular flexibility index (Phi) is 8.04. The molecule has 2 aliphatic rings. The quantitative estimate of drug-likeness (QED) is 0.340. The summed E-state index contributed by atoms with van der Waals surface area (Å²) in [4.78, 5) is 39.1. The summed E-state index contributed by atoms with van der Waals surface area (Å²) in [6.45, 7) is 1.20. The van der Waals surface area contributed by atoms with Crippen LogP contribution in [0.3, 0.4) is 0 Å². The van der Waals surface area contributed by atoms with E-state index in [-0.39, 0.29) is 19.1 Å². The highest BCUT2D eigenvalue weighted by Gasteiger charge is 2.26. The Balaban J connectivity index is 1.16. The Labute approximate surface area is 207 Å². The van der Waals surface area contributed by atoms with Crippen LogP contribution in [0.2, 0.25) is 0 Å². The van der Waals surface area contributed by atoms with Crippen molar-refractivity contribution in [3.05, 3.63) is 72.2 Å². The first kappa shape index (κ1) is 24.6. The SMILES string of the molecule is O=C(/C=C/c1ccc(OCC(=O)N2CCN(C(=O)OCC3=COc4ccccc4O3)CC2)cc1)NO. The van der Waals surface area contributed by atoms with Gasteiger partial charge in [-0.2, -0.15) is 0 Å². The number of nitrogens with one attached hydrogen (secondary N) is 1. The van der Waals surface area contributed by atoms with Crippen molar-refractivity contribution in [2.75, 3.05) is 39.4 Å². The Morgan fingerprint density at radius 3 is 2.39 bits per heavy atom. The summed E-state index contributed by atoms with van der Waals surface area (Å²) >= 11 is 0. The van der Waals surface area contributed by atoms with Gasteiger partial charge < -0.3 is 28.7 Å². The van der Waals surface area contributed by atoms with Crippen molar-refractivity contribution in [2.45, 2.75) is 0 Å². The molecule has 11 nitrogen and oxygen atoms in total. The molecule has 2 N–H and O–H groups in total. The van der Waals surface area contributed by atoms with Gasteiger partial charge in [0, 0.05) is 32.3 Å². The molecule has 3 amide bonds. The number of piperazine rings is 1. The number of hydrogen-bond donors (Lipinski definition) is 2. The molecule has 11 heteroatoms. The first-order valence-corrected chi connectivity index (χ1v) is 11.2. The third-order valence-electron chi connectivity index (χ3n) is 5.42. The normalized spacial score (nSPS) is 14.8. The topological polar surface area (TPSA) is 127 Å². The number of nitrogens with zero attached hydrogens (tertiary/aromatic N) is 2. The van der Waals surface area contributed by atoms with Crippen LogP contribution in [0.5, 0.6) is 17.2 Å². The zero-order valence-corrected chi connectivity index (χ0v) is 19.3. The number of ether oxygens (including phenoxy) is 4. The van der Waals surface area contributed by atoms with Gasteiger partial charge in [-0.25, -0.2) is 10.3 Å². The summed E-state index contributed by atoms with van der Waals surface area (Å²) in [5, 5.41) is 8.49. The van der Waals surface area contributed by atoms with Crippen LogP contribution >= 0.6 is 0 Å². The van der Waals surface area contributed by atoms with Gasteiger partial charge in [-0.05, 0) is 35.9 Å². The van der Waals surface area contributed by atoms with Gasteiger partial charge in [0.1, 0.15) is 12.0 Å². The number of para-hydroxylation sites is 2. The second-order valence-electron chi connectivity index (χ2n) is 7.84. The molecule has 188 valence electrons. The fourth-order valence-corrected chi connectivity index (χ4v) is 3.47. The van der Waals surface area contributed by atoms with E-state index in [4.69, 9.17) is 24.2 Å². The Bertz CT molecular complexity index is 1150. The number of carbonyl (C=O) groups excluding carboxylic acids is 3. The molecular weight excluding hydrogens is 470 g/mol. The number of hydrogen-bond acceptors (Lipinski definition) is 8. The lowest BCUT2D eigenvalue weighted by Crippen LogP contribution is -2.51. The summed E-state index contributed by atoms with van der Waals surface area (Å²) in [6, 6.07) is 14.0. The van der Waals surface area contributed by atoms with Crippen molar-refractivity contribution in [1.82, 2.24) is 15.3 Å². The molecule has 36 heavy (non-hydrogen) atoms. The minimum atomic E-state index is -0.634. The maximum absolute atomic E-state index is 12.5. The van der Waals surface area contributed by atoms with Crippen LogP contribution in [0.4, 0.5) is 4.79 Å². The van der Waals surface area contributed by atoms with Crippen molar-refractivity contribution in [3.8, 4) is 17.2 Å². The van der Waals surface area contributed by atoms with E-state index >= 15 is 0 Å². The molecule has 0 bridgehead atoms. The summed E-state index contributed by atoms with van der Waals surface area (Å²) in [5.74, 6) is 1.21. The summed E-state index contributed by atoms with van der Waals surface area (Å²) in [6.07, 6.45) is 3.62. The van der Waals surface area contributed by atoms with Crippen LogP contribution in [0.15, 0.2) is 66.6 Å². The van der Waals surface area contributed by atoms with Crippen LogP contribution in [0.1, 0.15) is 5.56 Å². The third-order valence-corrected chi connectivity index (χ3v) is 5.42. The van der Waals surface area contributed by atoms with E-state index in [1.54, 1.807) is 41.3 Å². The molecule has 0 radical (unpaired) electrons. The molecule has 4 rings (SSSR count). The average molecular weight is 495 g/mol. The van der Waals surface area contributed by atoms with E-state index in [0.717, 1.165) is 5.56 Å². The van der Waals surface area contributed by atoms with Gasteiger partial charge in [0.25, 0.3) is 11.8 Å². The van der Waals surface area contributed by atoms with Gasteiger partial charge in [-0.1, -0.05) is 24.3 Å². The predicted octanol–water partition coefficient (Wildman–Crippen LogP) is 2.18. The minimum absolute atomic E-state index is 0.0661. The van der Waals surface area contributed by atoms with Crippen molar-refractivity contribution in [2.24, 2.45) is 0 Å². The van der Waals surface area contributed by atoms with E-state index in [1.807, 2.05) is 12.1 Å². The lowest BCUT2D eigenvalue weighted by atomic mass is 10.2. The smallest absolute Gasteiger partial charge is 0.410 e. The van der Waals surface area contributed by atoms with Gasteiger partial charge in [-0.15, -0.1) is 0 Å². The average Bonchev–Trinajstić information content (AvgIpc) is 2.93. The fraction of sp³-hybridized carbons (Fsp3) is 0.240. The Hall–Kier alpha value is -4.51. The first-order valence-electron chi connectivity index (χ1n) is 11.2. The summed E-state index contributed by atoms with van der Waals surface area (Å²) in [5.41, 5.74) is 2.24. The lowest BCUT2D eigenvalue weighted by molar-refractivity contribution is -0.135. The summed E-state index contributed by atoms with van der Waals surface area (Å²) in [7, 11) is 0. The van der Waals surface area contributed by atoms with Crippen LogP contribution < -0.4 is 19.7 Å². The zero-order valence-electron chi connectivity index (χ0n) is 19.3. The standard InChI is InChI=1S/C25H25N3O8/c29-23(26-32)10-7-18-5-8-19(9-6-18)33-17-24(30)27-11-13-28(14-12-27)25(31)35-16-20-15-34-21-3-1-2-4-22(21)36-20/h1-10,15,32H,11-14,16-17H2,(H,26,29)/b10-7+. The molecular formula is C25H25N3O8. The van der Waals surface area contributed by atoms with Gasteiger partial charge in [0.2, 0.25) is 0 Å². The molecule has 1 fully saturated rings. The fourth-order valence-electron chi connectivity index (χ4n) is 3.47. The molecule has 0 aromatic heterocycles. The Morgan fingerprint density at radius 2 is 1.67 bits per heavy atom. The maximum Gasteiger partial charge on any atom is 0.410 e. The second kappa shape index (κ2) is 11.8. The molecule has 2 aromatic carbocycles. The molecule has 1 saturated heterocycles. The van der Waals surface area contributed by atoms with E-state index in [0.29, 0.717) is 49.2 Å². The number of benzene rings is 2. The van der Waals surface area contributed by atoms with Gasteiger partial charge in [-0.3, -0.25) is 14.8 Å². The highest BCUT2D eigenvalue weighted by molar-refractivity contribution is 5.90. The monoisotopic (exact) mass is 495 g/mol. The van der Waals surface area contributed by atoms with Gasteiger partial charge in [0.05, 0.1) is 0 Å². The maximum atomic E-state index is 12.5. The van der Waals surface area contributed by atoms with Crippen molar-refractivity contribution in [1.29, 1.82) is 0 Å². The van der Waals surface area contributed by atoms with Crippen molar-refractivity contribution < 1.29 is 38.5 Å². The summed E-state index contributed by atoms with van der Waals surface area (Å²) < 4.78 is 22.0. The van der Waals surface area contributed by atoms with Crippen LogP contribution in [0.25, 0.3) is 6.08 Å². The molecule has 0 saturated carbocycles. The molecule has 0 unspecified atom stereocenters. The molecule has 2 aliphatic heterocycles. The number of rotatable bonds is 7. The van der Waals surface area contributed by atoms with E-state index < -0.39 is 12.0 Å². The number of hydroxylamine groups is 1. The lowest BCUT2D eigenvalue weighted by Gasteiger charge is -2.34. The van der Waals surface area contributed by atoms with Crippen LogP contribution in [-0.4, -0.2) is 72.3 Å². The minimum Gasteiger partial charge on any atom is -0.484 e. The van der Waals surface area contributed by atoms with Gasteiger partial charge >= 0.3 is 6.09 Å². The number of fused-ring (bicyclic) bond motifs is 1. The molecule has 2 aromatic rings. The molecule has 0 spiro atoms. The molecule has 0 atom stereocenters. The van der Waals surface area contributed by atoms with Crippen molar-refractivity contribution in [3.63, 3.8) is 0 Å². The zero-order chi connectivity index (χ0) is 25.3. The number of carbonyl (C=O) groups is 3. The van der Waals surface area contributed by atoms with E-state index in [9.17, 15) is 14.4 Å². The highest BCUT2D eigenvalue weighted by Crippen LogP contribution is 2.31. The number of amides is 3. The first-order chi connectivity index (χ1) is 17.5. The molecule has 2 heterocycles. The molecule has 0 aliphatic carbocycles. The third kappa shape index (κ3) is 6.54. The van der Waals surface area contributed by atoms with Gasteiger partial charge in [0.15, 0.2) is 30.5 Å². The Morgan fingerprint density at radius 1 is 0.972 bits per heavy atom. The highest BCUT2D eigenvalue weighted by atomic mass is 16.6. The second-order valence-corrected chi connectivity index (χ2v) is 7.84. The van der Waals surface area contributed by atoms with Crippen LogP contribution in [-0.2, 0) is 14.3 Å². The van der Waals surface area contributed by atoms with Crippen LogP contribution in [0, 0.1) is 0 Å². The van der Waals surface area contributed by atoms with E-state index in [2.05, 4.69) is 0 Å². The van der Waals surface area contributed by atoms with Crippen molar-refractivity contribution >= 4 is 24.0 Å². The predicted molar refractivity (Wildman–Crippen MR) is 126 cm³/mol.